The Bertz CT molecular complexity index is 418. The van der Waals surface area contributed by atoms with Crippen LogP contribution in [0.15, 0.2) is 23.3 Å². The quantitative estimate of drug-likeness (QED) is 0.625. The Hall–Kier alpha value is -0.890. The molecule has 0 amide bonds. The van der Waals surface area contributed by atoms with Gasteiger partial charge in [-0.25, -0.2) is 0 Å². The topological polar surface area (TPSA) is 26.3 Å². The van der Waals surface area contributed by atoms with Gasteiger partial charge < -0.3 is 4.74 Å². The lowest BCUT2D eigenvalue weighted by molar-refractivity contribution is -0.112. The third-order valence-electron chi connectivity index (χ3n) is 4.78. The highest BCUT2D eigenvalue weighted by molar-refractivity contribution is 6.05. The highest BCUT2D eigenvalue weighted by Crippen LogP contribution is 2.57. The minimum Gasteiger partial charge on any atom is -0.366 e. The Labute approximate surface area is 96.4 Å². The number of ketones is 1. The first kappa shape index (κ1) is 10.3. The van der Waals surface area contributed by atoms with E-state index in [9.17, 15) is 4.79 Å². The van der Waals surface area contributed by atoms with Crippen molar-refractivity contribution in [3.8, 4) is 0 Å². The van der Waals surface area contributed by atoms with E-state index in [1.807, 2.05) is 13.0 Å². The Balaban J connectivity index is 2.19. The van der Waals surface area contributed by atoms with Gasteiger partial charge in [0, 0.05) is 12.0 Å². The van der Waals surface area contributed by atoms with E-state index in [1.165, 1.54) is 18.4 Å². The fraction of sp³-hybridized carbons (Fsp3) is 0.643. The predicted octanol–water partition coefficient (Wildman–Crippen LogP) is 2.79. The van der Waals surface area contributed by atoms with Crippen molar-refractivity contribution < 1.29 is 9.53 Å². The molecule has 2 aliphatic carbocycles. The fourth-order valence-electron chi connectivity index (χ4n) is 3.68. The predicted molar refractivity (Wildman–Crippen MR) is 62.1 cm³/mol. The lowest BCUT2D eigenvalue weighted by atomic mass is 9.59. The van der Waals surface area contributed by atoms with Crippen LogP contribution in [-0.2, 0) is 9.53 Å². The molecule has 3 aliphatic rings. The molecule has 86 valence electrons. The third-order valence-corrected chi connectivity index (χ3v) is 4.78. The van der Waals surface area contributed by atoms with Crippen molar-refractivity contribution in [3.63, 3.8) is 0 Å². The molecule has 1 heterocycles. The largest absolute Gasteiger partial charge is 0.366 e. The standard InChI is InChI=1S/C14H18O2/c1-10-11-4-3-6-13(2)8-9-16-14(11,13)7-5-12(10)15/h5,7H,3-4,6,8-9H2,1-2H3/t13-,14?/m1/s1. The van der Waals surface area contributed by atoms with Crippen molar-refractivity contribution >= 4 is 5.78 Å². The summed E-state index contributed by atoms with van der Waals surface area (Å²) in [5.41, 5.74) is 2.14. The Kier molecular flexibility index (Phi) is 1.97. The molecule has 1 aliphatic heterocycles. The molecule has 1 saturated heterocycles. The summed E-state index contributed by atoms with van der Waals surface area (Å²) in [5.74, 6) is 0.167. The highest BCUT2D eigenvalue weighted by Gasteiger charge is 2.57. The molecule has 2 fully saturated rings. The molecular weight excluding hydrogens is 200 g/mol. The van der Waals surface area contributed by atoms with Crippen LogP contribution < -0.4 is 0 Å². The van der Waals surface area contributed by atoms with Crippen LogP contribution in [0, 0.1) is 5.41 Å². The first-order valence-electron chi connectivity index (χ1n) is 6.17. The molecule has 0 bridgehead atoms. The van der Waals surface area contributed by atoms with Gasteiger partial charge in [0.1, 0.15) is 5.60 Å². The Morgan fingerprint density at radius 2 is 2.19 bits per heavy atom. The lowest BCUT2D eigenvalue weighted by Crippen LogP contribution is -2.48. The van der Waals surface area contributed by atoms with Gasteiger partial charge >= 0.3 is 0 Å². The van der Waals surface area contributed by atoms with Crippen LogP contribution in [0.4, 0.5) is 0 Å². The number of carbonyl (C=O) groups is 1. The van der Waals surface area contributed by atoms with Crippen molar-refractivity contribution in [3.05, 3.63) is 23.3 Å². The molecule has 1 saturated carbocycles. The normalized spacial score (nSPS) is 42.2. The summed E-state index contributed by atoms with van der Waals surface area (Å²) in [6.45, 7) is 5.09. The van der Waals surface area contributed by atoms with Crippen LogP contribution >= 0.6 is 0 Å². The van der Waals surface area contributed by atoms with Gasteiger partial charge in [-0.15, -0.1) is 0 Å². The molecule has 1 unspecified atom stereocenters. The average Bonchev–Trinajstić information content (AvgIpc) is 2.60. The summed E-state index contributed by atoms with van der Waals surface area (Å²) in [5, 5.41) is 0. The van der Waals surface area contributed by atoms with Crippen molar-refractivity contribution in [1.82, 2.24) is 0 Å². The second-order valence-electron chi connectivity index (χ2n) is 5.55. The van der Waals surface area contributed by atoms with Gasteiger partial charge in [0.25, 0.3) is 0 Å². The summed E-state index contributed by atoms with van der Waals surface area (Å²) in [6, 6.07) is 0. The van der Waals surface area contributed by atoms with Crippen LogP contribution in [0.3, 0.4) is 0 Å². The van der Waals surface area contributed by atoms with Gasteiger partial charge in [0.05, 0.1) is 0 Å². The molecule has 0 aromatic carbocycles. The van der Waals surface area contributed by atoms with Crippen LogP contribution in [0.25, 0.3) is 0 Å². The molecule has 3 rings (SSSR count). The van der Waals surface area contributed by atoms with Crippen molar-refractivity contribution in [1.29, 1.82) is 0 Å². The second-order valence-corrected chi connectivity index (χ2v) is 5.55. The number of allylic oxidation sites excluding steroid dienone is 2. The van der Waals surface area contributed by atoms with E-state index in [1.54, 1.807) is 6.08 Å². The second kappa shape index (κ2) is 3.07. The van der Waals surface area contributed by atoms with E-state index in [0.29, 0.717) is 0 Å². The Morgan fingerprint density at radius 3 is 3.00 bits per heavy atom. The lowest BCUT2D eigenvalue weighted by Gasteiger charge is -2.48. The minimum atomic E-state index is -0.247. The van der Waals surface area contributed by atoms with Gasteiger partial charge in [-0.2, -0.15) is 0 Å². The smallest absolute Gasteiger partial charge is 0.181 e. The molecule has 0 aromatic heterocycles. The van der Waals surface area contributed by atoms with Gasteiger partial charge in [0.15, 0.2) is 5.78 Å². The van der Waals surface area contributed by atoms with Gasteiger partial charge in [0.2, 0.25) is 0 Å². The molecule has 16 heavy (non-hydrogen) atoms. The van der Waals surface area contributed by atoms with Crippen molar-refractivity contribution in [2.75, 3.05) is 6.61 Å². The van der Waals surface area contributed by atoms with Crippen LogP contribution in [0.5, 0.6) is 0 Å². The zero-order valence-electron chi connectivity index (χ0n) is 10.0. The summed E-state index contributed by atoms with van der Waals surface area (Å²) in [4.78, 5) is 11.7. The van der Waals surface area contributed by atoms with Crippen molar-refractivity contribution in [2.45, 2.75) is 45.1 Å². The SMILES string of the molecule is CC1=C2CCC[C@]3(C)CCOC23C=CC1=O. The molecule has 1 spiro atoms. The first-order chi connectivity index (χ1) is 7.59. The summed E-state index contributed by atoms with van der Waals surface area (Å²) in [7, 11) is 0. The van der Waals surface area contributed by atoms with E-state index in [4.69, 9.17) is 4.74 Å². The van der Waals surface area contributed by atoms with E-state index < -0.39 is 0 Å². The van der Waals surface area contributed by atoms with E-state index in [2.05, 4.69) is 6.92 Å². The summed E-state index contributed by atoms with van der Waals surface area (Å²) in [6.07, 6.45) is 8.29. The maximum absolute atomic E-state index is 11.7. The molecule has 2 heteroatoms. The number of hydrogen-bond donors (Lipinski definition) is 0. The van der Waals surface area contributed by atoms with Crippen molar-refractivity contribution in [2.24, 2.45) is 5.41 Å². The van der Waals surface area contributed by atoms with E-state index >= 15 is 0 Å². The summed E-state index contributed by atoms with van der Waals surface area (Å²) < 4.78 is 6.07. The molecule has 2 atom stereocenters. The number of rotatable bonds is 0. The summed E-state index contributed by atoms with van der Waals surface area (Å²) >= 11 is 0. The molecule has 0 radical (unpaired) electrons. The highest BCUT2D eigenvalue weighted by atomic mass is 16.5. The average molecular weight is 218 g/mol. The maximum atomic E-state index is 11.7. The minimum absolute atomic E-state index is 0.167. The van der Waals surface area contributed by atoms with Gasteiger partial charge in [-0.1, -0.05) is 6.92 Å². The monoisotopic (exact) mass is 218 g/mol. The third kappa shape index (κ3) is 1.03. The Morgan fingerprint density at radius 1 is 1.38 bits per heavy atom. The first-order valence-corrected chi connectivity index (χ1v) is 6.17. The zero-order chi connectivity index (χ0) is 11.4. The van der Waals surface area contributed by atoms with Crippen LogP contribution in [-0.4, -0.2) is 18.0 Å². The fourth-order valence-corrected chi connectivity index (χ4v) is 3.68. The maximum Gasteiger partial charge on any atom is 0.181 e. The molecule has 0 N–H and O–H groups in total. The van der Waals surface area contributed by atoms with E-state index in [-0.39, 0.29) is 16.8 Å². The van der Waals surface area contributed by atoms with Gasteiger partial charge in [-0.3, -0.25) is 4.79 Å². The zero-order valence-corrected chi connectivity index (χ0v) is 10.0. The van der Waals surface area contributed by atoms with Crippen LogP contribution in [0.2, 0.25) is 0 Å². The van der Waals surface area contributed by atoms with Crippen LogP contribution in [0.1, 0.15) is 39.5 Å². The number of ether oxygens (including phenoxy) is 1. The molecular formula is C14H18O2. The molecule has 0 aromatic rings. The van der Waals surface area contributed by atoms with Gasteiger partial charge in [-0.05, 0) is 55.9 Å². The number of hydrogen-bond acceptors (Lipinski definition) is 2. The molecule has 2 nitrogen and oxygen atoms in total. The number of carbonyl (C=O) groups excluding carboxylic acids is 1. The van der Waals surface area contributed by atoms with E-state index in [0.717, 1.165) is 25.0 Å².